The molecule has 0 atom stereocenters. The summed E-state index contributed by atoms with van der Waals surface area (Å²) in [4.78, 5) is 33.4. The van der Waals surface area contributed by atoms with Crippen LogP contribution in [0.1, 0.15) is 62.3 Å². The second-order valence-electron chi connectivity index (χ2n) is 10.4. The van der Waals surface area contributed by atoms with Crippen LogP contribution in [-0.2, 0) is 18.4 Å². The minimum Gasteiger partial charge on any atom is -0.349 e. The molecule has 0 saturated heterocycles. The van der Waals surface area contributed by atoms with Gasteiger partial charge in [0, 0.05) is 44.1 Å². The van der Waals surface area contributed by atoms with Gasteiger partial charge in [-0.05, 0) is 55.6 Å². The lowest BCUT2D eigenvalue weighted by molar-refractivity contribution is 0.0951. The smallest absolute Gasteiger partial charge is 0.256 e. The highest BCUT2D eigenvalue weighted by Gasteiger charge is 2.26. The molecule has 0 unspecified atom stereocenters. The molecule has 9 heteroatoms. The minimum absolute atomic E-state index is 0. The van der Waals surface area contributed by atoms with Crippen molar-refractivity contribution in [1.82, 2.24) is 30.2 Å². The Morgan fingerprint density at radius 2 is 1.91 bits per heavy atom. The van der Waals surface area contributed by atoms with Crippen LogP contribution in [-0.4, -0.2) is 50.4 Å². The molecule has 35 heavy (non-hydrogen) atoms. The zero-order valence-corrected chi connectivity index (χ0v) is 20.7. The number of hydrogen-bond donors (Lipinski definition) is 3. The van der Waals surface area contributed by atoms with E-state index >= 15 is 0 Å². The van der Waals surface area contributed by atoms with Gasteiger partial charge < -0.3 is 20.9 Å². The summed E-state index contributed by atoms with van der Waals surface area (Å²) < 4.78 is 0. The van der Waals surface area contributed by atoms with Gasteiger partial charge in [0.25, 0.3) is 5.91 Å². The molecule has 1 fully saturated rings. The molecule has 2 aliphatic rings. The number of hydrogen-bond acceptors (Lipinski definition) is 8. The van der Waals surface area contributed by atoms with Gasteiger partial charge in [0.15, 0.2) is 0 Å². The third-order valence-corrected chi connectivity index (χ3v) is 6.18. The van der Waals surface area contributed by atoms with Gasteiger partial charge in [-0.3, -0.25) is 4.79 Å². The summed E-state index contributed by atoms with van der Waals surface area (Å²) in [7, 11) is 2.13. The highest BCUT2D eigenvalue weighted by molar-refractivity contribution is 5.99. The Kier molecular flexibility index (Phi) is 6.10. The van der Waals surface area contributed by atoms with Crippen molar-refractivity contribution in [3.63, 3.8) is 0 Å². The maximum Gasteiger partial charge on any atom is 0.256 e. The minimum atomic E-state index is -0.206. The highest BCUT2D eigenvalue weighted by atomic mass is 16.1. The van der Waals surface area contributed by atoms with E-state index in [1.807, 2.05) is 6.07 Å². The van der Waals surface area contributed by atoms with Crippen LogP contribution in [0, 0.1) is 0 Å². The van der Waals surface area contributed by atoms with Crippen molar-refractivity contribution in [2.45, 2.75) is 58.0 Å². The average Bonchev–Trinajstić information content (AvgIpc) is 3.62. The SMILES string of the molecule is CN1CCc2ccc(Nc3ncc(C(=O)NC4CC4)c(Nc4ccnc(C(C)(C)C)n4)n3)cc2C1.[HH]. The molecule has 184 valence electrons. The number of nitrogens with one attached hydrogen (secondary N) is 3. The fourth-order valence-corrected chi connectivity index (χ4v) is 4.01. The molecule has 1 aliphatic carbocycles. The van der Waals surface area contributed by atoms with E-state index in [0.717, 1.165) is 38.0 Å². The third-order valence-electron chi connectivity index (χ3n) is 6.18. The number of nitrogens with zero attached hydrogens (tertiary/aromatic N) is 5. The Hall–Kier alpha value is -3.59. The lowest BCUT2D eigenvalue weighted by atomic mass is 9.96. The highest BCUT2D eigenvalue weighted by Crippen LogP contribution is 2.27. The van der Waals surface area contributed by atoms with Crippen LogP contribution in [0.25, 0.3) is 0 Å². The molecule has 3 aromatic rings. The first-order valence-electron chi connectivity index (χ1n) is 12.1. The van der Waals surface area contributed by atoms with Crippen molar-refractivity contribution >= 4 is 29.2 Å². The van der Waals surface area contributed by atoms with Crippen LogP contribution >= 0.6 is 0 Å². The van der Waals surface area contributed by atoms with Crippen LogP contribution in [0.5, 0.6) is 0 Å². The number of amides is 1. The Morgan fingerprint density at radius 1 is 1.09 bits per heavy atom. The van der Waals surface area contributed by atoms with Crippen LogP contribution in [0.15, 0.2) is 36.7 Å². The van der Waals surface area contributed by atoms with E-state index in [1.54, 1.807) is 18.5 Å². The van der Waals surface area contributed by atoms with E-state index in [-0.39, 0.29) is 18.8 Å². The molecule has 1 aromatic carbocycles. The lowest BCUT2D eigenvalue weighted by Gasteiger charge is -2.25. The topological polar surface area (TPSA) is 108 Å². The fraction of sp³-hybridized carbons (Fsp3) is 0.423. The molecule has 1 aliphatic heterocycles. The van der Waals surface area contributed by atoms with Gasteiger partial charge in [0.1, 0.15) is 23.0 Å². The van der Waals surface area contributed by atoms with Crippen LogP contribution < -0.4 is 16.0 Å². The number of likely N-dealkylation sites (N-methyl/N-ethyl adjacent to an activating group) is 1. The van der Waals surface area contributed by atoms with E-state index < -0.39 is 0 Å². The number of carbonyl (C=O) groups excluding carboxylic acids is 1. The summed E-state index contributed by atoms with van der Waals surface area (Å²) in [6, 6.07) is 8.36. The van der Waals surface area contributed by atoms with E-state index in [0.29, 0.717) is 29.0 Å². The number of anilines is 4. The van der Waals surface area contributed by atoms with Crippen molar-refractivity contribution < 1.29 is 6.22 Å². The van der Waals surface area contributed by atoms with E-state index in [4.69, 9.17) is 0 Å². The third kappa shape index (κ3) is 5.57. The number of rotatable bonds is 6. The second-order valence-corrected chi connectivity index (χ2v) is 10.4. The number of benzene rings is 1. The molecule has 3 heterocycles. The molecule has 3 N–H and O–H groups in total. The van der Waals surface area contributed by atoms with Crippen molar-refractivity contribution in [2.75, 3.05) is 24.2 Å². The molecule has 0 bridgehead atoms. The van der Waals surface area contributed by atoms with Gasteiger partial charge in [0.05, 0.1) is 0 Å². The quantitative estimate of drug-likeness (QED) is 0.488. The fourth-order valence-electron chi connectivity index (χ4n) is 4.01. The van der Waals surface area contributed by atoms with E-state index in [1.165, 1.54) is 11.1 Å². The van der Waals surface area contributed by atoms with Crippen molar-refractivity contribution in [1.29, 1.82) is 0 Å². The zero-order valence-electron chi connectivity index (χ0n) is 20.7. The van der Waals surface area contributed by atoms with Crippen molar-refractivity contribution in [3.8, 4) is 0 Å². The molecule has 2 aromatic heterocycles. The molecule has 0 radical (unpaired) electrons. The Balaban J connectivity index is 0.00000304. The van der Waals surface area contributed by atoms with Crippen LogP contribution in [0.4, 0.5) is 23.3 Å². The van der Waals surface area contributed by atoms with Gasteiger partial charge in [-0.15, -0.1) is 0 Å². The van der Waals surface area contributed by atoms with Gasteiger partial charge >= 0.3 is 0 Å². The average molecular weight is 475 g/mol. The normalized spacial score (nSPS) is 15.9. The summed E-state index contributed by atoms with van der Waals surface area (Å²) in [5.74, 6) is 1.90. The number of carbonyl (C=O) groups is 1. The standard InChI is InChI=1S/C26H32N8O.H2/c1-26(2,3)24-27-11-9-21(32-24)31-22-20(23(35)29-18-7-8-18)14-28-25(33-22)30-19-6-5-16-10-12-34(4)15-17(16)13-19;/h5-6,9,11,13-14,18H,7-8,10,12,15H2,1-4H3,(H,29,35)(H2,27,28,30,31,32,33);1H. The van der Waals surface area contributed by atoms with Crippen LogP contribution in [0.2, 0.25) is 0 Å². The summed E-state index contributed by atoms with van der Waals surface area (Å²) >= 11 is 0. The van der Waals surface area contributed by atoms with Gasteiger partial charge in [-0.25, -0.2) is 15.0 Å². The predicted octanol–water partition coefficient (Wildman–Crippen LogP) is 4.18. The molecular weight excluding hydrogens is 440 g/mol. The Labute approximate surface area is 207 Å². The molecule has 5 rings (SSSR count). The predicted molar refractivity (Wildman–Crippen MR) is 138 cm³/mol. The molecule has 9 nitrogen and oxygen atoms in total. The Bertz CT molecular complexity index is 1250. The lowest BCUT2D eigenvalue weighted by Crippen LogP contribution is -2.27. The first-order valence-corrected chi connectivity index (χ1v) is 12.1. The monoisotopic (exact) mass is 474 g/mol. The van der Waals surface area contributed by atoms with E-state index in [2.05, 4.69) is 80.7 Å². The van der Waals surface area contributed by atoms with E-state index in [9.17, 15) is 4.79 Å². The first kappa shape index (κ1) is 23.2. The molecule has 1 saturated carbocycles. The largest absolute Gasteiger partial charge is 0.349 e. The zero-order chi connectivity index (χ0) is 24.6. The van der Waals surface area contributed by atoms with Gasteiger partial charge in [-0.2, -0.15) is 4.98 Å². The maximum absolute atomic E-state index is 12.9. The van der Waals surface area contributed by atoms with Gasteiger partial charge in [0.2, 0.25) is 5.95 Å². The summed E-state index contributed by atoms with van der Waals surface area (Å²) in [6.07, 6.45) is 6.33. The summed E-state index contributed by atoms with van der Waals surface area (Å²) in [5, 5.41) is 9.56. The van der Waals surface area contributed by atoms with Crippen molar-refractivity contribution in [2.24, 2.45) is 0 Å². The molecule has 0 spiro atoms. The Morgan fingerprint density at radius 3 is 2.69 bits per heavy atom. The molecular formula is C26H34N8O. The maximum atomic E-state index is 12.9. The first-order chi connectivity index (χ1) is 16.7. The second kappa shape index (κ2) is 9.22. The van der Waals surface area contributed by atoms with Crippen molar-refractivity contribution in [3.05, 3.63) is 59.2 Å². The summed E-state index contributed by atoms with van der Waals surface area (Å²) in [5.41, 5.74) is 3.77. The molecule has 1 amide bonds. The van der Waals surface area contributed by atoms with Gasteiger partial charge in [-0.1, -0.05) is 26.8 Å². The number of fused-ring (bicyclic) bond motifs is 1. The summed E-state index contributed by atoms with van der Waals surface area (Å²) in [6.45, 7) is 8.17. The number of aromatic nitrogens is 4. The van der Waals surface area contributed by atoms with Crippen LogP contribution in [0.3, 0.4) is 0 Å².